The van der Waals surface area contributed by atoms with Crippen LogP contribution in [0.3, 0.4) is 0 Å². The summed E-state index contributed by atoms with van der Waals surface area (Å²) in [7, 11) is 5.94. The van der Waals surface area contributed by atoms with Gasteiger partial charge in [0.1, 0.15) is 5.52 Å². The van der Waals surface area contributed by atoms with Crippen molar-refractivity contribution < 1.29 is 4.79 Å². The number of aromatic nitrogens is 3. The number of pyridine rings is 1. The summed E-state index contributed by atoms with van der Waals surface area (Å²) in [6.07, 6.45) is 3.30. The fraction of sp³-hybridized carbons (Fsp3) is 0.278. The van der Waals surface area contributed by atoms with E-state index in [1.165, 1.54) is 5.56 Å². The number of aryl methyl sites for hydroxylation is 1. The zero-order chi connectivity index (χ0) is 17.1. The Morgan fingerprint density at radius 1 is 1.21 bits per heavy atom. The normalized spacial score (nSPS) is 11.2. The molecule has 24 heavy (non-hydrogen) atoms. The predicted molar refractivity (Wildman–Crippen MR) is 93.5 cm³/mol. The molecule has 2 heterocycles. The van der Waals surface area contributed by atoms with E-state index < -0.39 is 0 Å². The molecule has 0 aliphatic rings. The standard InChI is InChI=1S/C18H21N5O/c1-22(2)11-14-6-4-5-13(9-14)10-20-18(24)15-7-8-19-17-16(15)21-12-23(17)3/h4-9,12H,10-11H2,1-3H3,(H,20,24). The SMILES string of the molecule is CN(C)Cc1cccc(CNC(=O)c2ccnc3c2ncn3C)c1. The van der Waals surface area contributed by atoms with E-state index in [-0.39, 0.29) is 5.91 Å². The van der Waals surface area contributed by atoms with Crippen LogP contribution in [0.5, 0.6) is 0 Å². The van der Waals surface area contributed by atoms with Crippen LogP contribution in [0, 0.1) is 0 Å². The highest BCUT2D eigenvalue weighted by Crippen LogP contribution is 2.14. The van der Waals surface area contributed by atoms with Gasteiger partial charge >= 0.3 is 0 Å². The molecule has 3 rings (SSSR count). The van der Waals surface area contributed by atoms with Crippen LogP contribution in [0.2, 0.25) is 0 Å². The largest absolute Gasteiger partial charge is 0.348 e. The second-order valence-corrected chi connectivity index (χ2v) is 6.13. The van der Waals surface area contributed by atoms with Crippen LogP contribution in [-0.4, -0.2) is 39.4 Å². The van der Waals surface area contributed by atoms with Gasteiger partial charge in [0.15, 0.2) is 5.65 Å². The maximum absolute atomic E-state index is 12.5. The highest BCUT2D eigenvalue weighted by molar-refractivity contribution is 6.03. The lowest BCUT2D eigenvalue weighted by atomic mass is 10.1. The fourth-order valence-corrected chi connectivity index (χ4v) is 2.69. The zero-order valence-electron chi connectivity index (χ0n) is 14.2. The van der Waals surface area contributed by atoms with Crippen molar-refractivity contribution in [1.29, 1.82) is 0 Å². The summed E-state index contributed by atoms with van der Waals surface area (Å²) >= 11 is 0. The monoisotopic (exact) mass is 323 g/mol. The molecule has 3 aromatic rings. The number of fused-ring (bicyclic) bond motifs is 1. The Morgan fingerprint density at radius 3 is 2.79 bits per heavy atom. The smallest absolute Gasteiger partial charge is 0.253 e. The van der Waals surface area contributed by atoms with Crippen LogP contribution in [0.4, 0.5) is 0 Å². The number of carbonyl (C=O) groups is 1. The average molecular weight is 323 g/mol. The Hall–Kier alpha value is -2.73. The molecule has 0 saturated carbocycles. The molecule has 1 amide bonds. The lowest BCUT2D eigenvalue weighted by Gasteiger charge is -2.11. The van der Waals surface area contributed by atoms with Crippen LogP contribution in [-0.2, 0) is 20.1 Å². The average Bonchev–Trinajstić information content (AvgIpc) is 2.94. The van der Waals surface area contributed by atoms with Crippen LogP contribution < -0.4 is 5.32 Å². The molecule has 0 aliphatic carbocycles. The number of hydrogen-bond donors (Lipinski definition) is 1. The summed E-state index contributed by atoms with van der Waals surface area (Å²) < 4.78 is 1.80. The second-order valence-electron chi connectivity index (χ2n) is 6.13. The number of carbonyl (C=O) groups excluding carboxylic acids is 1. The van der Waals surface area contributed by atoms with Gasteiger partial charge in [0.2, 0.25) is 0 Å². The Morgan fingerprint density at radius 2 is 2.00 bits per heavy atom. The van der Waals surface area contributed by atoms with Crippen molar-refractivity contribution in [2.24, 2.45) is 7.05 Å². The first-order valence-corrected chi connectivity index (χ1v) is 7.81. The first-order valence-electron chi connectivity index (χ1n) is 7.81. The topological polar surface area (TPSA) is 63.1 Å². The number of nitrogens with zero attached hydrogens (tertiary/aromatic N) is 4. The lowest BCUT2D eigenvalue weighted by Crippen LogP contribution is -2.23. The van der Waals surface area contributed by atoms with E-state index >= 15 is 0 Å². The van der Waals surface area contributed by atoms with Crippen molar-refractivity contribution in [3.63, 3.8) is 0 Å². The maximum atomic E-state index is 12.5. The van der Waals surface area contributed by atoms with E-state index in [1.54, 1.807) is 23.2 Å². The Bertz CT molecular complexity index is 869. The fourth-order valence-electron chi connectivity index (χ4n) is 2.69. The Labute approximate surface area is 141 Å². The molecule has 0 radical (unpaired) electrons. The molecule has 1 N–H and O–H groups in total. The quantitative estimate of drug-likeness (QED) is 0.780. The molecule has 0 bridgehead atoms. The van der Waals surface area contributed by atoms with Gasteiger partial charge in [-0.15, -0.1) is 0 Å². The van der Waals surface area contributed by atoms with Gasteiger partial charge in [-0.05, 0) is 31.3 Å². The van der Waals surface area contributed by atoms with E-state index in [0.717, 1.165) is 12.1 Å². The number of nitrogens with one attached hydrogen (secondary N) is 1. The summed E-state index contributed by atoms with van der Waals surface area (Å²) in [6, 6.07) is 9.94. The number of imidazole rings is 1. The minimum absolute atomic E-state index is 0.140. The third-order valence-electron chi connectivity index (χ3n) is 3.79. The molecule has 0 fully saturated rings. The van der Waals surface area contributed by atoms with Crippen molar-refractivity contribution >= 4 is 17.1 Å². The Balaban J connectivity index is 1.73. The number of benzene rings is 1. The summed E-state index contributed by atoms with van der Waals surface area (Å²) in [5.41, 5.74) is 4.18. The molecular weight excluding hydrogens is 302 g/mol. The second kappa shape index (κ2) is 6.80. The lowest BCUT2D eigenvalue weighted by molar-refractivity contribution is 0.0952. The van der Waals surface area contributed by atoms with Gasteiger partial charge in [-0.2, -0.15) is 0 Å². The summed E-state index contributed by atoms with van der Waals surface area (Å²) in [5, 5.41) is 2.97. The highest BCUT2D eigenvalue weighted by atomic mass is 16.1. The van der Waals surface area contributed by atoms with E-state index in [9.17, 15) is 4.79 Å². The molecule has 6 heteroatoms. The van der Waals surface area contributed by atoms with E-state index in [0.29, 0.717) is 23.3 Å². The minimum Gasteiger partial charge on any atom is -0.348 e. The van der Waals surface area contributed by atoms with Gasteiger partial charge in [0, 0.05) is 26.3 Å². The molecule has 0 aliphatic heterocycles. The van der Waals surface area contributed by atoms with Gasteiger partial charge in [0.05, 0.1) is 11.9 Å². The molecule has 2 aromatic heterocycles. The van der Waals surface area contributed by atoms with Gasteiger partial charge in [-0.3, -0.25) is 4.79 Å². The van der Waals surface area contributed by atoms with Gasteiger partial charge < -0.3 is 14.8 Å². The maximum Gasteiger partial charge on any atom is 0.253 e. The van der Waals surface area contributed by atoms with E-state index in [4.69, 9.17) is 0 Å². The third kappa shape index (κ3) is 3.44. The molecule has 6 nitrogen and oxygen atoms in total. The first-order chi connectivity index (χ1) is 11.5. The van der Waals surface area contributed by atoms with Crippen LogP contribution in [0.1, 0.15) is 21.5 Å². The van der Waals surface area contributed by atoms with Crippen molar-refractivity contribution in [3.8, 4) is 0 Å². The number of hydrogen-bond acceptors (Lipinski definition) is 4. The number of amides is 1. The van der Waals surface area contributed by atoms with Crippen molar-refractivity contribution in [3.05, 3.63) is 59.5 Å². The molecule has 0 saturated heterocycles. The van der Waals surface area contributed by atoms with Gasteiger partial charge in [0.25, 0.3) is 5.91 Å². The van der Waals surface area contributed by atoms with E-state index in [2.05, 4.69) is 32.3 Å². The zero-order valence-corrected chi connectivity index (χ0v) is 14.2. The molecular formula is C18H21N5O. The van der Waals surface area contributed by atoms with Crippen LogP contribution >= 0.6 is 0 Å². The molecule has 1 aromatic carbocycles. The predicted octanol–water partition coefficient (Wildman–Crippen LogP) is 1.96. The van der Waals surface area contributed by atoms with Gasteiger partial charge in [-0.1, -0.05) is 24.3 Å². The summed E-state index contributed by atoms with van der Waals surface area (Å²) in [4.78, 5) is 23.2. The minimum atomic E-state index is -0.140. The molecule has 0 spiro atoms. The summed E-state index contributed by atoms with van der Waals surface area (Å²) in [6.45, 7) is 1.36. The van der Waals surface area contributed by atoms with Crippen LogP contribution in [0.15, 0.2) is 42.9 Å². The van der Waals surface area contributed by atoms with Crippen LogP contribution in [0.25, 0.3) is 11.2 Å². The third-order valence-corrected chi connectivity index (χ3v) is 3.79. The van der Waals surface area contributed by atoms with Gasteiger partial charge in [-0.25, -0.2) is 9.97 Å². The first kappa shape index (κ1) is 16.1. The van der Waals surface area contributed by atoms with E-state index in [1.807, 2.05) is 33.3 Å². The molecule has 124 valence electrons. The van der Waals surface area contributed by atoms with Crippen molar-refractivity contribution in [1.82, 2.24) is 24.8 Å². The molecule has 0 atom stereocenters. The highest BCUT2D eigenvalue weighted by Gasteiger charge is 2.13. The summed E-state index contributed by atoms with van der Waals surface area (Å²) in [5.74, 6) is -0.140. The Kier molecular flexibility index (Phi) is 4.57. The number of rotatable bonds is 5. The van der Waals surface area contributed by atoms with Crippen molar-refractivity contribution in [2.45, 2.75) is 13.1 Å². The molecule has 0 unspecified atom stereocenters. The van der Waals surface area contributed by atoms with Crippen molar-refractivity contribution in [2.75, 3.05) is 14.1 Å².